The van der Waals surface area contributed by atoms with Crippen molar-refractivity contribution in [3.8, 4) is 5.75 Å². The van der Waals surface area contributed by atoms with Crippen molar-refractivity contribution in [3.63, 3.8) is 0 Å². The van der Waals surface area contributed by atoms with Gasteiger partial charge in [0.25, 0.3) is 0 Å². The normalized spacial score (nSPS) is 12.3. The van der Waals surface area contributed by atoms with Crippen LogP contribution in [0, 0.1) is 0 Å². The lowest BCUT2D eigenvalue weighted by molar-refractivity contribution is 0.141. The Morgan fingerprint density at radius 2 is 1.80 bits per heavy atom. The fraction of sp³-hybridized carbons (Fsp3) is 0.647. The van der Waals surface area contributed by atoms with Crippen molar-refractivity contribution in [2.75, 3.05) is 26.4 Å². The van der Waals surface area contributed by atoms with Crippen LogP contribution in [0.25, 0.3) is 0 Å². The van der Waals surface area contributed by atoms with Crippen LogP contribution in [0.2, 0.25) is 0 Å². The van der Waals surface area contributed by atoms with E-state index in [1.165, 1.54) is 5.56 Å². The Kier molecular flexibility index (Phi) is 9.09. The smallest absolute Gasteiger partial charge is 0.119 e. The van der Waals surface area contributed by atoms with Gasteiger partial charge in [-0.25, -0.2) is 0 Å². The molecule has 1 N–H and O–H groups in total. The van der Waals surface area contributed by atoms with Crippen molar-refractivity contribution < 1.29 is 9.47 Å². The quantitative estimate of drug-likeness (QED) is 0.622. The van der Waals surface area contributed by atoms with Gasteiger partial charge in [-0.1, -0.05) is 19.1 Å². The molecule has 0 aromatic heterocycles. The molecule has 1 atom stereocenters. The molecule has 1 aromatic carbocycles. The van der Waals surface area contributed by atoms with E-state index >= 15 is 0 Å². The summed E-state index contributed by atoms with van der Waals surface area (Å²) in [7, 11) is 0. The highest BCUT2D eigenvalue weighted by atomic mass is 16.5. The van der Waals surface area contributed by atoms with Gasteiger partial charge in [-0.2, -0.15) is 0 Å². The molecule has 0 amide bonds. The molecule has 20 heavy (non-hydrogen) atoms. The average Bonchev–Trinajstić information content (AvgIpc) is 2.48. The Morgan fingerprint density at radius 1 is 1.05 bits per heavy atom. The summed E-state index contributed by atoms with van der Waals surface area (Å²) < 4.78 is 10.9. The van der Waals surface area contributed by atoms with Gasteiger partial charge >= 0.3 is 0 Å². The number of hydrogen-bond acceptors (Lipinski definition) is 3. The molecule has 0 saturated carbocycles. The van der Waals surface area contributed by atoms with Gasteiger partial charge in [0.15, 0.2) is 0 Å². The lowest BCUT2D eigenvalue weighted by Gasteiger charge is -2.19. The summed E-state index contributed by atoms with van der Waals surface area (Å²) in [6, 6.07) is 8.85. The second-order valence-corrected chi connectivity index (χ2v) is 4.85. The van der Waals surface area contributed by atoms with Gasteiger partial charge in [0, 0.05) is 19.3 Å². The lowest BCUT2D eigenvalue weighted by Crippen LogP contribution is -2.22. The Labute approximate surface area is 123 Å². The Hall–Kier alpha value is -1.06. The molecule has 114 valence electrons. The second kappa shape index (κ2) is 10.7. The van der Waals surface area contributed by atoms with Crippen LogP contribution in [0.5, 0.6) is 5.75 Å². The molecule has 0 saturated heterocycles. The molecule has 3 heteroatoms. The van der Waals surface area contributed by atoms with Gasteiger partial charge < -0.3 is 14.8 Å². The Bertz CT molecular complexity index is 337. The summed E-state index contributed by atoms with van der Waals surface area (Å²) in [4.78, 5) is 0. The lowest BCUT2D eigenvalue weighted by atomic mass is 10.0. The Balaban J connectivity index is 2.56. The largest absolute Gasteiger partial charge is 0.494 e. The topological polar surface area (TPSA) is 30.5 Å². The van der Waals surface area contributed by atoms with Crippen LogP contribution in [-0.4, -0.2) is 26.4 Å². The van der Waals surface area contributed by atoms with Crippen molar-refractivity contribution in [1.29, 1.82) is 0 Å². The summed E-state index contributed by atoms with van der Waals surface area (Å²) >= 11 is 0. The minimum atomic E-state index is 0.408. The van der Waals surface area contributed by atoms with Gasteiger partial charge in [0.2, 0.25) is 0 Å². The Morgan fingerprint density at radius 3 is 2.40 bits per heavy atom. The van der Waals surface area contributed by atoms with E-state index in [1.807, 2.05) is 13.8 Å². The molecular weight excluding hydrogens is 250 g/mol. The van der Waals surface area contributed by atoms with Crippen LogP contribution < -0.4 is 10.1 Å². The van der Waals surface area contributed by atoms with Gasteiger partial charge in [-0.15, -0.1) is 0 Å². The molecule has 0 fully saturated rings. The van der Waals surface area contributed by atoms with Crippen molar-refractivity contribution in [2.24, 2.45) is 0 Å². The predicted molar refractivity (Wildman–Crippen MR) is 84.4 cm³/mol. The summed E-state index contributed by atoms with van der Waals surface area (Å²) in [5, 5.41) is 3.62. The van der Waals surface area contributed by atoms with E-state index in [0.29, 0.717) is 12.6 Å². The highest BCUT2D eigenvalue weighted by Crippen LogP contribution is 2.21. The number of rotatable bonds is 11. The molecule has 0 radical (unpaired) electrons. The number of nitrogens with one attached hydrogen (secondary N) is 1. The van der Waals surface area contributed by atoms with Crippen LogP contribution in [0.1, 0.15) is 51.6 Å². The SMILES string of the molecule is CCCNC(CCCOCC)c1ccc(OCC)cc1. The molecule has 1 unspecified atom stereocenters. The third-order valence-corrected chi connectivity index (χ3v) is 3.22. The third kappa shape index (κ3) is 6.40. The van der Waals surface area contributed by atoms with E-state index < -0.39 is 0 Å². The first-order valence-electron chi connectivity index (χ1n) is 7.85. The fourth-order valence-corrected chi connectivity index (χ4v) is 2.20. The number of benzene rings is 1. The molecule has 0 aliphatic rings. The fourth-order valence-electron chi connectivity index (χ4n) is 2.20. The monoisotopic (exact) mass is 279 g/mol. The van der Waals surface area contributed by atoms with Crippen molar-refractivity contribution >= 4 is 0 Å². The average molecular weight is 279 g/mol. The van der Waals surface area contributed by atoms with Crippen molar-refractivity contribution in [1.82, 2.24) is 5.32 Å². The molecule has 1 aromatic rings. The minimum Gasteiger partial charge on any atom is -0.494 e. The van der Waals surface area contributed by atoms with Gasteiger partial charge in [0.05, 0.1) is 6.61 Å². The first-order valence-corrected chi connectivity index (χ1v) is 7.85. The molecule has 0 spiro atoms. The summed E-state index contributed by atoms with van der Waals surface area (Å²) in [5.41, 5.74) is 1.33. The maximum atomic E-state index is 5.49. The summed E-state index contributed by atoms with van der Waals surface area (Å²) in [6.45, 7) is 9.65. The maximum Gasteiger partial charge on any atom is 0.119 e. The zero-order valence-electron chi connectivity index (χ0n) is 13.2. The van der Waals surface area contributed by atoms with E-state index in [1.54, 1.807) is 0 Å². The summed E-state index contributed by atoms with van der Waals surface area (Å²) in [5.74, 6) is 0.944. The molecule has 0 aliphatic carbocycles. The predicted octanol–water partition coefficient (Wildman–Crippen LogP) is 3.94. The van der Waals surface area contributed by atoms with E-state index in [2.05, 4.69) is 36.5 Å². The molecule has 1 rings (SSSR count). The first-order chi connectivity index (χ1) is 9.81. The second-order valence-electron chi connectivity index (χ2n) is 4.85. The highest BCUT2D eigenvalue weighted by Gasteiger charge is 2.10. The molecule has 0 aliphatic heterocycles. The first kappa shape index (κ1) is 17.0. The van der Waals surface area contributed by atoms with Crippen LogP contribution in [-0.2, 0) is 4.74 Å². The van der Waals surface area contributed by atoms with Gasteiger partial charge in [-0.3, -0.25) is 0 Å². The van der Waals surface area contributed by atoms with Crippen molar-refractivity contribution in [3.05, 3.63) is 29.8 Å². The van der Waals surface area contributed by atoms with Crippen molar-refractivity contribution in [2.45, 2.75) is 46.1 Å². The number of ether oxygens (including phenoxy) is 2. The van der Waals surface area contributed by atoms with Crippen LogP contribution in [0.15, 0.2) is 24.3 Å². The van der Waals surface area contributed by atoms with Gasteiger partial charge in [0.1, 0.15) is 5.75 Å². The standard InChI is InChI=1S/C17H29NO2/c1-4-13-18-17(8-7-14-19-5-2)15-9-11-16(12-10-15)20-6-3/h9-12,17-18H,4-8,13-14H2,1-3H3. The van der Waals surface area contributed by atoms with Crippen LogP contribution >= 0.6 is 0 Å². The summed E-state index contributed by atoms with van der Waals surface area (Å²) in [6.07, 6.45) is 3.34. The minimum absolute atomic E-state index is 0.408. The molecule has 0 bridgehead atoms. The van der Waals surface area contributed by atoms with E-state index in [9.17, 15) is 0 Å². The zero-order chi connectivity index (χ0) is 14.6. The maximum absolute atomic E-state index is 5.49. The number of hydrogen-bond donors (Lipinski definition) is 1. The van der Waals surface area contributed by atoms with Crippen LogP contribution in [0.4, 0.5) is 0 Å². The molecular formula is C17H29NO2. The van der Waals surface area contributed by atoms with Gasteiger partial charge in [-0.05, 0) is 57.4 Å². The van der Waals surface area contributed by atoms with E-state index in [-0.39, 0.29) is 0 Å². The molecule has 0 heterocycles. The molecule has 3 nitrogen and oxygen atoms in total. The van der Waals surface area contributed by atoms with E-state index in [4.69, 9.17) is 9.47 Å². The zero-order valence-corrected chi connectivity index (χ0v) is 13.2. The van der Waals surface area contributed by atoms with Crippen LogP contribution in [0.3, 0.4) is 0 Å². The van der Waals surface area contributed by atoms with E-state index in [0.717, 1.165) is 44.8 Å². The highest BCUT2D eigenvalue weighted by molar-refractivity contribution is 5.29. The third-order valence-electron chi connectivity index (χ3n) is 3.22.